The zero-order valence-corrected chi connectivity index (χ0v) is 18.8. The molecule has 0 fully saturated rings. The maximum atomic E-state index is 15.0. The maximum Gasteiger partial charge on any atom is 0.272 e. The summed E-state index contributed by atoms with van der Waals surface area (Å²) in [5.74, 6) is -1.89. The van der Waals surface area contributed by atoms with Gasteiger partial charge in [0.2, 0.25) is 0 Å². The minimum Gasteiger partial charge on any atom is -0.453 e. The van der Waals surface area contributed by atoms with Crippen LogP contribution in [-0.4, -0.2) is 21.7 Å². The highest BCUT2D eigenvalue weighted by molar-refractivity contribution is 9.10. The standard InChI is InChI=1S/C20H12BrCl2FN4O3/c1-9(29)19-27-16(18(21)28-19)20(30)26-8-11-2-3-14(23)17(15(11)24)31-13-5-10(7-25)4-12(22)6-13/h2-6H,8H2,1H3,(H,26,30)(H,27,28). The molecule has 0 unspecified atom stereocenters. The van der Waals surface area contributed by atoms with E-state index in [0.29, 0.717) is 0 Å². The van der Waals surface area contributed by atoms with E-state index in [2.05, 4.69) is 31.2 Å². The van der Waals surface area contributed by atoms with E-state index in [0.717, 1.165) is 0 Å². The molecule has 3 aromatic rings. The van der Waals surface area contributed by atoms with Gasteiger partial charge in [0.1, 0.15) is 10.4 Å². The molecule has 3 rings (SSSR count). The van der Waals surface area contributed by atoms with Crippen LogP contribution in [0.2, 0.25) is 10.0 Å². The number of aromatic nitrogens is 2. The highest BCUT2D eigenvalue weighted by atomic mass is 79.9. The first kappa shape index (κ1) is 22.7. The minimum absolute atomic E-state index is 0.00722. The Bertz CT molecular complexity index is 1240. The predicted molar refractivity (Wildman–Crippen MR) is 115 cm³/mol. The normalized spacial score (nSPS) is 10.5. The first-order valence-corrected chi connectivity index (χ1v) is 10.1. The van der Waals surface area contributed by atoms with Crippen LogP contribution in [0.1, 0.15) is 39.2 Å². The van der Waals surface area contributed by atoms with Crippen molar-refractivity contribution in [2.75, 3.05) is 0 Å². The number of nitriles is 1. The number of ketones is 1. The van der Waals surface area contributed by atoms with E-state index < -0.39 is 11.7 Å². The lowest BCUT2D eigenvalue weighted by Crippen LogP contribution is -2.24. The second-order valence-electron chi connectivity index (χ2n) is 6.23. The molecule has 7 nitrogen and oxygen atoms in total. The van der Waals surface area contributed by atoms with Gasteiger partial charge >= 0.3 is 0 Å². The topological polar surface area (TPSA) is 108 Å². The highest BCUT2D eigenvalue weighted by Crippen LogP contribution is 2.35. The molecule has 0 bridgehead atoms. The molecule has 31 heavy (non-hydrogen) atoms. The smallest absolute Gasteiger partial charge is 0.272 e. The molecule has 0 aliphatic heterocycles. The molecular formula is C20H12BrCl2FN4O3. The van der Waals surface area contributed by atoms with E-state index in [9.17, 15) is 9.59 Å². The van der Waals surface area contributed by atoms with Gasteiger partial charge in [-0.25, -0.2) is 9.37 Å². The molecule has 0 spiro atoms. The molecule has 0 aliphatic rings. The lowest BCUT2D eigenvalue weighted by molar-refractivity contribution is 0.0945. The van der Waals surface area contributed by atoms with Crippen molar-refractivity contribution in [3.05, 3.63) is 73.4 Å². The van der Waals surface area contributed by atoms with Crippen molar-refractivity contribution in [1.29, 1.82) is 5.26 Å². The fraction of sp³-hybridized carbons (Fsp3) is 0.100. The van der Waals surface area contributed by atoms with Gasteiger partial charge in [-0.1, -0.05) is 29.3 Å². The fourth-order valence-corrected chi connectivity index (χ4v) is 3.40. The Morgan fingerprint density at radius 1 is 1.32 bits per heavy atom. The van der Waals surface area contributed by atoms with Crippen molar-refractivity contribution in [3.63, 3.8) is 0 Å². The Morgan fingerprint density at radius 3 is 2.71 bits per heavy atom. The van der Waals surface area contributed by atoms with Crippen LogP contribution in [0.3, 0.4) is 0 Å². The third kappa shape index (κ3) is 5.22. The molecule has 0 saturated carbocycles. The largest absolute Gasteiger partial charge is 0.453 e. The summed E-state index contributed by atoms with van der Waals surface area (Å²) in [4.78, 5) is 30.3. The van der Waals surface area contributed by atoms with Crippen molar-refractivity contribution in [2.45, 2.75) is 13.5 Å². The molecule has 1 aromatic heterocycles. The summed E-state index contributed by atoms with van der Waals surface area (Å²) >= 11 is 15.1. The number of halogens is 4. The second kappa shape index (κ2) is 9.47. The average molecular weight is 526 g/mol. The van der Waals surface area contributed by atoms with Gasteiger partial charge in [0.25, 0.3) is 5.91 Å². The van der Waals surface area contributed by atoms with Crippen molar-refractivity contribution < 1.29 is 18.7 Å². The predicted octanol–water partition coefficient (Wildman–Crippen LogP) is 5.41. The molecule has 0 saturated heterocycles. The molecular weight excluding hydrogens is 514 g/mol. The number of amides is 1. The van der Waals surface area contributed by atoms with Gasteiger partial charge in [-0.15, -0.1) is 0 Å². The first-order valence-electron chi connectivity index (χ1n) is 8.59. The molecule has 2 N–H and O–H groups in total. The number of H-pyrrole nitrogens is 1. The van der Waals surface area contributed by atoms with Gasteiger partial charge in [-0.05, 0) is 40.2 Å². The van der Waals surface area contributed by atoms with Crippen LogP contribution < -0.4 is 10.1 Å². The number of nitrogens with one attached hydrogen (secondary N) is 2. The summed E-state index contributed by atoms with van der Waals surface area (Å²) in [7, 11) is 0. The molecule has 158 valence electrons. The van der Waals surface area contributed by atoms with Crippen molar-refractivity contribution in [3.8, 4) is 17.6 Å². The van der Waals surface area contributed by atoms with Gasteiger partial charge < -0.3 is 15.0 Å². The number of carbonyl (C=O) groups is 2. The summed E-state index contributed by atoms with van der Waals surface area (Å²) in [6.45, 7) is 1.10. The zero-order chi connectivity index (χ0) is 22.7. The Labute approximate surface area is 194 Å². The minimum atomic E-state index is -0.795. The van der Waals surface area contributed by atoms with Crippen LogP contribution in [0.25, 0.3) is 0 Å². The van der Waals surface area contributed by atoms with Crippen molar-refractivity contribution in [1.82, 2.24) is 15.3 Å². The third-order valence-corrected chi connectivity index (χ3v) is 5.09. The fourth-order valence-electron chi connectivity index (χ4n) is 2.54. The Balaban J connectivity index is 1.81. The van der Waals surface area contributed by atoms with Gasteiger partial charge in [0.15, 0.2) is 28.9 Å². The highest BCUT2D eigenvalue weighted by Gasteiger charge is 2.20. The number of rotatable bonds is 6. The van der Waals surface area contributed by atoms with Gasteiger partial charge in [-0.2, -0.15) is 5.26 Å². The quantitative estimate of drug-likeness (QED) is 0.418. The van der Waals surface area contributed by atoms with Crippen LogP contribution >= 0.6 is 39.1 Å². The van der Waals surface area contributed by atoms with Crippen LogP contribution in [0.15, 0.2) is 34.9 Å². The number of nitrogens with zero attached hydrogens (tertiary/aromatic N) is 2. The molecule has 1 heterocycles. The number of carbonyl (C=O) groups excluding carboxylic acids is 2. The summed E-state index contributed by atoms with van der Waals surface area (Å²) < 4.78 is 20.8. The van der Waals surface area contributed by atoms with Gasteiger partial charge in [0.05, 0.1) is 16.7 Å². The van der Waals surface area contributed by atoms with E-state index in [1.165, 1.54) is 37.3 Å². The average Bonchev–Trinajstić information content (AvgIpc) is 3.12. The lowest BCUT2D eigenvalue weighted by Gasteiger charge is -2.13. The van der Waals surface area contributed by atoms with E-state index in [1.807, 2.05) is 6.07 Å². The molecule has 11 heteroatoms. The first-order chi connectivity index (χ1) is 14.7. The molecule has 0 atom stereocenters. The molecule has 0 aliphatic carbocycles. The number of hydrogen-bond donors (Lipinski definition) is 2. The number of hydrogen-bond acceptors (Lipinski definition) is 5. The number of ether oxygens (including phenoxy) is 1. The molecule has 2 aromatic carbocycles. The van der Waals surface area contributed by atoms with E-state index in [-0.39, 0.29) is 61.1 Å². The van der Waals surface area contributed by atoms with Crippen molar-refractivity contribution in [2.24, 2.45) is 0 Å². The third-order valence-electron chi connectivity index (χ3n) is 4.00. The number of benzene rings is 2. The van der Waals surface area contributed by atoms with E-state index in [1.54, 1.807) is 0 Å². The Morgan fingerprint density at radius 2 is 2.06 bits per heavy atom. The van der Waals surface area contributed by atoms with Crippen LogP contribution in [-0.2, 0) is 6.54 Å². The van der Waals surface area contributed by atoms with E-state index in [4.69, 9.17) is 33.2 Å². The van der Waals surface area contributed by atoms with Crippen LogP contribution in [0.5, 0.6) is 11.5 Å². The second-order valence-corrected chi connectivity index (χ2v) is 7.86. The van der Waals surface area contributed by atoms with Gasteiger partial charge in [-0.3, -0.25) is 9.59 Å². The lowest BCUT2D eigenvalue weighted by atomic mass is 10.2. The number of aromatic amines is 1. The van der Waals surface area contributed by atoms with Gasteiger partial charge in [0, 0.05) is 24.1 Å². The summed E-state index contributed by atoms with van der Waals surface area (Å²) in [6.07, 6.45) is 0. The SMILES string of the molecule is CC(=O)c1nc(C(=O)NCc2ccc(Cl)c(Oc3cc(Cl)cc(C#N)c3)c2F)c(Br)[nH]1. The van der Waals surface area contributed by atoms with Crippen LogP contribution in [0.4, 0.5) is 4.39 Å². The summed E-state index contributed by atoms with van der Waals surface area (Å²) in [5, 5.41) is 11.8. The monoisotopic (exact) mass is 524 g/mol. The van der Waals surface area contributed by atoms with Crippen molar-refractivity contribution >= 4 is 50.8 Å². The summed E-state index contributed by atoms with van der Waals surface area (Å²) in [6, 6.07) is 8.96. The van der Waals surface area contributed by atoms with Crippen LogP contribution in [0, 0.1) is 17.1 Å². The Hall–Kier alpha value is -2.93. The maximum absolute atomic E-state index is 15.0. The molecule has 0 radical (unpaired) electrons. The molecule has 1 amide bonds. The summed E-state index contributed by atoms with van der Waals surface area (Å²) in [5.41, 5.74) is 0.282. The zero-order valence-electron chi connectivity index (χ0n) is 15.7. The number of Topliss-reactive ketones (excluding diaryl/α,β-unsaturated/α-hetero) is 1. The number of imidazole rings is 1. The Kier molecular flexibility index (Phi) is 6.95. The van der Waals surface area contributed by atoms with E-state index >= 15 is 4.39 Å².